The number of hydrogen-bond donors (Lipinski definition) is 0. The van der Waals surface area contributed by atoms with E-state index < -0.39 is 43.6 Å². The summed E-state index contributed by atoms with van der Waals surface area (Å²) in [5, 5.41) is 0. The SMILES string of the molecule is CCO[C@H]1O[C@H](CP(=O)(OCC)OCC)[C@@H]2OS(=O)O[C@H]12. The zero-order chi connectivity index (χ0) is 15.5. The quantitative estimate of drug-likeness (QED) is 0.610. The molecule has 124 valence electrons. The predicted octanol–water partition coefficient (Wildman–Crippen LogP) is 1.38. The van der Waals surface area contributed by atoms with Crippen LogP contribution in [0.3, 0.4) is 0 Å². The monoisotopic (exact) mass is 344 g/mol. The lowest BCUT2D eigenvalue weighted by Crippen LogP contribution is -2.32. The maximum absolute atomic E-state index is 12.6. The first-order valence-corrected chi connectivity index (χ1v) is 9.67. The molecule has 10 heteroatoms. The molecule has 0 radical (unpaired) electrons. The van der Waals surface area contributed by atoms with Crippen molar-refractivity contribution in [3.05, 3.63) is 0 Å². The van der Waals surface area contributed by atoms with Crippen molar-refractivity contribution in [2.45, 2.75) is 45.4 Å². The molecule has 0 amide bonds. The second-order valence-corrected chi connectivity index (χ2v) is 7.35. The van der Waals surface area contributed by atoms with Crippen molar-refractivity contribution in [2.24, 2.45) is 0 Å². The summed E-state index contributed by atoms with van der Waals surface area (Å²) in [6.45, 7) is 6.20. The minimum atomic E-state index is -3.30. The standard InChI is InChI=1S/C11H21O8PS/c1-4-14-11-10-9(18-21(13)19-10)8(17-11)7-20(12,15-5-2)16-6-3/h8-11H,4-7H2,1-3H3/t8-,9+,10+,11+,21?/m1/s1. The van der Waals surface area contributed by atoms with Crippen LogP contribution in [0.4, 0.5) is 0 Å². The fraction of sp³-hybridized carbons (Fsp3) is 1.00. The van der Waals surface area contributed by atoms with Crippen molar-refractivity contribution in [1.29, 1.82) is 0 Å². The van der Waals surface area contributed by atoms with Crippen molar-refractivity contribution in [3.8, 4) is 0 Å². The summed E-state index contributed by atoms with van der Waals surface area (Å²) in [6, 6.07) is 0. The van der Waals surface area contributed by atoms with Gasteiger partial charge in [0.2, 0.25) is 0 Å². The van der Waals surface area contributed by atoms with Gasteiger partial charge in [-0.05, 0) is 20.8 Å². The Bertz CT molecular complexity index is 409. The summed E-state index contributed by atoms with van der Waals surface area (Å²) < 4.78 is 55.8. The first-order chi connectivity index (χ1) is 10.0. The summed E-state index contributed by atoms with van der Waals surface area (Å²) in [4.78, 5) is 0. The molecule has 2 aliphatic heterocycles. The van der Waals surface area contributed by atoms with E-state index in [0.29, 0.717) is 6.61 Å². The zero-order valence-electron chi connectivity index (χ0n) is 12.3. The third kappa shape index (κ3) is 4.11. The molecule has 0 N–H and O–H groups in total. The second-order valence-electron chi connectivity index (χ2n) is 4.45. The van der Waals surface area contributed by atoms with Crippen LogP contribution in [0.2, 0.25) is 0 Å². The zero-order valence-corrected chi connectivity index (χ0v) is 14.0. The largest absolute Gasteiger partial charge is 0.350 e. The molecule has 0 aliphatic carbocycles. The van der Waals surface area contributed by atoms with Crippen molar-refractivity contribution >= 4 is 19.0 Å². The Morgan fingerprint density at radius 3 is 2.24 bits per heavy atom. The topological polar surface area (TPSA) is 89.5 Å². The van der Waals surface area contributed by atoms with Gasteiger partial charge in [-0.3, -0.25) is 12.9 Å². The Kier molecular flexibility index (Phi) is 6.34. The molecule has 2 heterocycles. The van der Waals surface area contributed by atoms with Gasteiger partial charge in [0, 0.05) is 6.61 Å². The third-order valence-electron chi connectivity index (χ3n) is 3.03. The predicted molar refractivity (Wildman–Crippen MR) is 73.9 cm³/mol. The highest BCUT2D eigenvalue weighted by atomic mass is 32.2. The summed E-state index contributed by atoms with van der Waals surface area (Å²) in [6.07, 6.45) is -2.54. The fourth-order valence-corrected chi connectivity index (χ4v) is 4.96. The van der Waals surface area contributed by atoms with Crippen molar-refractivity contribution in [1.82, 2.24) is 0 Å². The van der Waals surface area contributed by atoms with Gasteiger partial charge in [0.15, 0.2) is 12.4 Å². The molecule has 0 saturated carbocycles. The Labute approximate surface area is 126 Å². The van der Waals surface area contributed by atoms with Gasteiger partial charge in [-0.25, -0.2) is 0 Å². The molecule has 2 aliphatic rings. The van der Waals surface area contributed by atoms with E-state index in [9.17, 15) is 8.77 Å². The molecule has 21 heavy (non-hydrogen) atoms. The fourth-order valence-electron chi connectivity index (χ4n) is 2.32. The summed E-state index contributed by atoms with van der Waals surface area (Å²) in [7, 11) is -3.30. The Balaban J connectivity index is 2.08. The van der Waals surface area contributed by atoms with Gasteiger partial charge < -0.3 is 18.5 Å². The molecule has 2 fully saturated rings. The van der Waals surface area contributed by atoms with Crippen LogP contribution in [-0.2, 0) is 42.8 Å². The first kappa shape index (κ1) is 17.5. The van der Waals surface area contributed by atoms with E-state index in [4.69, 9.17) is 26.9 Å². The van der Waals surface area contributed by atoms with Crippen molar-refractivity contribution in [3.63, 3.8) is 0 Å². The van der Waals surface area contributed by atoms with Crippen LogP contribution in [-0.4, -0.2) is 54.8 Å². The summed E-state index contributed by atoms with van der Waals surface area (Å²) in [5.74, 6) is 0. The molecule has 5 atom stereocenters. The smallest absolute Gasteiger partial charge is 0.333 e. The van der Waals surface area contributed by atoms with E-state index in [1.54, 1.807) is 13.8 Å². The molecule has 0 aromatic heterocycles. The molecule has 0 aromatic carbocycles. The molecule has 1 unspecified atom stereocenters. The van der Waals surface area contributed by atoms with Crippen LogP contribution in [0.15, 0.2) is 0 Å². The Morgan fingerprint density at radius 2 is 1.67 bits per heavy atom. The van der Waals surface area contributed by atoms with E-state index in [0.717, 1.165) is 0 Å². The maximum Gasteiger partial charge on any atom is 0.333 e. The van der Waals surface area contributed by atoms with E-state index in [1.807, 2.05) is 6.92 Å². The van der Waals surface area contributed by atoms with Crippen LogP contribution in [0.25, 0.3) is 0 Å². The molecule has 0 spiro atoms. The van der Waals surface area contributed by atoms with Gasteiger partial charge >= 0.3 is 19.0 Å². The average molecular weight is 344 g/mol. The van der Waals surface area contributed by atoms with E-state index in [1.165, 1.54) is 0 Å². The summed E-state index contributed by atoms with van der Waals surface area (Å²) in [5.41, 5.74) is 0. The Morgan fingerprint density at radius 1 is 1.05 bits per heavy atom. The van der Waals surface area contributed by atoms with Crippen LogP contribution < -0.4 is 0 Å². The average Bonchev–Trinajstić information content (AvgIpc) is 2.91. The van der Waals surface area contributed by atoms with Crippen LogP contribution >= 0.6 is 7.60 Å². The molecule has 2 rings (SSSR count). The maximum atomic E-state index is 12.6. The minimum absolute atomic E-state index is 0.0000189. The molecule has 0 aromatic rings. The van der Waals surface area contributed by atoms with Crippen molar-refractivity contribution < 1.29 is 35.7 Å². The van der Waals surface area contributed by atoms with Crippen LogP contribution in [0.1, 0.15) is 20.8 Å². The third-order valence-corrected chi connectivity index (χ3v) is 5.90. The minimum Gasteiger partial charge on any atom is -0.350 e. The number of hydrogen-bond acceptors (Lipinski definition) is 8. The molecule has 0 bridgehead atoms. The van der Waals surface area contributed by atoms with Crippen LogP contribution in [0.5, 0.6) is 0 Å². The number of fused-ring (bicyclic) bond motifs is 1. The summed E-state index contributed by atoms with van der Waals surface area (Å²) >= 11 is -1.84. The van der Waals surface area contributed by atoms with Crippen molar-refractivity contribution in [2.75, 3.05) is 26.0 Å². The van der Waals surface area contributed by atoms with Gasteiger partial charge in [0.1, 0.15) is 12.2 Å². The lowest BCUT2D eigenvalue weighted by atomic mass is 10.2. The lowest BCUT2D eigenvalue weighted by molar-refractivity contribution is -0.153. The number of ether oxygens (including phenoxy) is 2. The lowest BCUT2D eigenvalue weighted by Gasteiger charge is -2.22. The van der Waals surface area contributed by atoms with Gasteiger partial charge in [0.05, 0.1) is 19.4 Å². The van der Waals surface area contributed by atoms with E-state index >= 15 is 0 Å². The highest BCUT2D eigenvalue weighted by Crippen LogP contribution is 2.51. The molecular formula is C11H21O8PS. The van der Waals surface area contributed by atoms with Gasteiger partial charge in [-0.1, -0.05) is 0 Å². The molecule has 8 nitrogen and oxygen atoms in total. The van der Waals surface area contributed by atoms with E-state index in [-0.39, 0.29) is 19.4 Å². The highest BCUT2D eigenvalue weighted by molar-refractivity contribution is 7.75. The number of rotatable bonds is 8. The second kappa shape index (κ2) is 7.61. The van der Waals surface area contributed by atoms with Gasteiger partial charge in [-0.2, -0.15) is 4.21 Å². The van der Waals surface area contributed by atoms with Gasteiger partial charge in [0.25, 0.3) is 0 Å². The highest BCUT2D eigenvalue weighted by Gasteiger charge is 2.55. The Hall–Kier alpha value is 0.140. The molecule has 2 saturated heterocycles. The first-order valence-electron chi connectivity index (χ1n) is 6.94. The molecular weight excluding hydrogens is 323 g/mol. The van der Waals surface area contributed by atoms with Crippen LogP contribution in [0, 0.1) is 0 Å². The van der Waals surface area contributed by atoms with Gasteiger partial charge in [-0.15, -0.1) is 0 Å². The van der Waals surface area contributed by atoms with E-state index in [2.05, 4.69) is 0 Å². The normalized spacial score (nSPS) is 36.0.